The van der Waals surface area contributed by atoms with Crippen LogP contribution in [0.15, 0.2) is 30.4 Å². The Morgan fingerprint density at radius 2 is 1.89 bits per heavy atom. The highest BCUT2D eigenvalue weighted by atomic mass is 35.5. The number of aromatic nitrogens is 1. The van der Waals surface area contributed by atoms with Gasteiger partial charge in [-0.3, -0.25) is 23.9 Å². The molecule has 0 bridgehead atoms. The molecule has 1 saturated heterocycles. The molecule has 56 heavy (non-hydrogen) atoms. The lowest BCUT2D eigenvalue weighted by atomic mass is 9.85. The molecule has 15 heteroatoms. The number of alkyl halides is 2. The van der Waals surface area contributed by atoms with E-state index in [1.807, 2.05) is 26.0 Å². The van der Waals surface area contributed by atoms with Gasteiger partial charge in [-0.05, 0) is 88.3 Å². The van der Waals surface area contributed by atoms with Gasteiger partial charge in [0.05, 0.1) is 41.3 Å². The molecule has 2 aromatic rings. The summed E-state index contributed by atoms with van der Waals surface area (Å²) >= 11 is 6.31. The number of carbonyl (C=O) groups is 4. The highest BCUT2D eigenvalue weighted by Crippen LogP contribution is 2.58. The number of aryl methyl sites for hydroxylation is 1. The van der Waals surface area contributed by atoms with Gasteiger partial charge in [0.1, 0.15) is 11.3 Å². The fourth-order valence-corrected chi connectivity index (χ4v) is 10.2. The predicted octanol–water partition coefficient (Wildman–Crippen LogP) is 7.18. The van der Waals surface area contributed by atoms with Crippen molar-refractivity contribution in [3.63, 3.8) is 0 Å². The van der Waals surface area contributed by atoms with E-state index in [0.29, 0.717) is 53.6 Å². The number of benzene rings is 1. The Bertz CT molecular complexity index is 2070. The quantitative estimate of drug-likeness (QED) is 0.216. The number of rotatable bonds is 8. The molecule has 5 aliphatic rings. The molecule has 0 radical (unpaired) electrons. The SMILES string of the molecule is CC(C)COC(=O)C[C@H]1CCCCC/C=C\[C@@H]2C[C@@]2(C(=O)NS(=O)(=O)C2(C)CC2)CC(=O)[C@@H]2C[C@]3(CCc4c(c(C(F)F)nc5ccc(Cl)cc45)O3)CN2C1=O. The fourth-order valence-electron chi connectivity index (χ4n) is 8.67. The number of nitrogens with one attached hydrogen (secondary N) is 1. The van der Waals surface area contributed by atoms with Crippen LogP contribution in [0.25, 0.3) is 10.9 Å². The molecule has 2 amide bonds. The van der Waals surface area contributed by atoms with Crippen LogP contribution in [0, 0.1) is 23.2 Å². The van der Waals surface area contributed by atoms with Crippen LogP contribution in [0.2, 0.25) is 5.02 Å². The summed E-state index contributed by atoms with van der Waals surface area (Å²) in [5.74, 6) is -3.40. The molecule has 11 nitrogen and oxygen atoms in total. The molecule has 2 aliphatic carbocycles. The van der Waals surface area contributed by atoms with Crippen LogP contribution >= 0.6 is 11.6 Å². The molecular formula is C41H50ClF2N3O8S. The zero-order valence-electron chi connectivity index (χ0n) is 32.1. The first-order valence-corrected chi connectivity index (χ1v) is 21.6. The lowest BCUT2D eigenvalue weighted by molar-refractivity contribution is -0.151. The number of pyridine rings is 1. The van der Waals surface area contributed by atoms with E-state index in [1.165, 1.54) is 4.90 Å². The van der Waals surface area contributed by atoms with Gasteiger partial charge in [0.2, 0.25) is 21.8 Å². The number of fused-ring (bicyclic) bond motifs is 5. The molecule has 2 saturated carbocycles. The second-order valence-corrected chi connectivity index (χ2v) is 19.9. The Morgan fingerprint density at radius 3 is 2.61 bits per heavy atom. The first kappa shape index (κ1) is 40.5. The van der Waals surface area contributed by atoms with Crippen molar-refractivity contribution in [3.05, 3.63) is 46.6 Å². The van der Waals surface area contributed by atoms with Gasteiger partial charge < -0.3 is 14.4 Å². The van der Waals surface area contributed by atoms with Gasteiger partial charge in [-0.25, -0.2) is 22.2 Å². The van der Waals surface area contributed by atoms with Crippen LogP contribution in [-0.2, 0) is 40.4 Å². The molecule has 1 spiro atoms. The number of sulfonamides is 1. The van der Waals surface area contributed by atoms with E-state index < -0.39 is 73.4 Å². The van der Waals surface area contributed by atoms with Crippen molar-refractivity contribution in [3.8, 4) is 5.75 Å². The molecular weight excluding hydrogens is 768 g/mol. The Kier molecular flexibility index (Phi) is 11.1. The van der Waals surface area contributed by atoms with Crippen molar-refractivity contribution in [1.82, 2.24) is 14.6 Å². The number of carbonyl (C=O) groups excluding carboxylic acids is 4. The Morgan fingerprint density at radius 1 is 1.12 bits per heavy atom. The maximum Gasteiger partial charge on any atom is 0.306 e. The minimum Gasteiger partial charge on any atom is -0.483 e. The maximum absolute atomic E-state index is 14.7. The summed E-state index contributed by atoms with van der Waals surface area (Å²) in [5.41, 5.74) is -2.30. The molecule has 1 aromatic heterocycles. The van der Waals surface area contributed by atoms with Crippen LogP contribution in [-0.4, -0.2) is 71.4 Å². The van der Waals surface area contributed by atoms with Crippen molar-refractivity contribution < 1.29 is 45.9 Å². The molecule has 4 heterocycles. The Balaban J connectivity index is 1.25. The molecule has 3 fully saturated rings. The van der Waals surface area contributed by atoms with Crippen LogP contribution < -0.4 is 9.46 Å². The van der Waals surface area contributed by atoms with E-state index >= 15 is 0 Å². The molecule has 7 rings (SSSR count). The van der Waals surface area contributed by atoms with Crippen LogP contribution in [0.1, 0.15) is 116 Å². The third kappa shape index (κ3) is 7.93. The summed E-state index contributed by atoms with van der Waals surface area (Å²) in [6.07, 6.45) is 5.18. The molecule has 1 aromatic carbocycles. The molecule has 304 valence electrons. The number of ether oxygens (including phenoxy) is 2. The van der Waals surface area contributed by atoms with Gasteiger partial charge in [0, 0.05) is 34.7 Å². The molecule has 5 atom stereocenters. The minimum atomic E-state index is -4.00. The first-order valence-electron chi connectivity index (χ1n) is 19.8. The van der Waals surface area contributed by atoms with Gasteiger partial charge in [-0.2, -0.15) is 0 Å². The number of nitrogens with zero attached hydrogens (tertiary/aromatic N) is 2. The van der Waals surface area contributed by atoms with Crippen molar-refractivity contribution in [2.24, 2.45) is 23.2 Å². The van der Waals surface area contributed by atoms with Gasteiger partial charge in [0.15, 0.2) is 11.5 Å². The maximum atomic E-state index is 14.7. The normalized spacial score (nSPS) is 29.5. The second kappa shape index (κ2) is 15.3. The Hall–Kier alpha value is -3.65. The largest absolute Gasteiger partial charge is 0.483 e. The summed E-state index contributed by atoms with van der Waals surface area (Å²) < 4.78 is 69.0. The Labute approximate surface area is 331 Å². The average molecular weight is 818 g/mol. The summed E-state index contributed by atoms with van der Waals surface area (Å²) in [4.78, 5) is 62.2. The summed E-state index contributed by atoms with van der Waals surface area (Å²) in [5, 5.41) is 0.972. The van der Waals surface area contributed by atoms with E-state index in [4.69, 9.17) is 21.1 Å². The third-order valence-corrected chi connectivity index (χ3v) is 14.9. The number of hydrogen-bond acceptors (Lipinski definition) is 9. The fraction of sp³-hybridized carbons (Fsp3) is 0.634. The smallest absolute Gasteiger partial charge is 0.306 e. The highest BCUT2D eigenvalue weighted by Gasteiger charge is 2.63. The van der Waals surface area contributed by atoms with Crippen molar-refractivity contribution in [2.75, 3.05) is 13.2 Å². The molecule has 1 N–H and O–H groups in total. The number of hydrogen-bond donors (Lipinski definition) is 1. The number of esters is 1. The van der Waals surface area contributed by atoms with E-state index in [1.54, 1.807) is 25.1 Å². The highest BCUT2D eigenvalue weighted by molar-refractivity contribution is 7.91. The summed E-state index contributed by atoms with van der Waals surface area (Å²) in [6, 6.07) is 3.68. The van der Waals surface area contributed by atoms with Crippen molar-refractivity contribution >= 4 is 56.1 Å². The second-order valence-electron chi connectivity index (χ2n) is 17.3. The lowest BCUT2D eigenvalue weighted by Gasteiger charge is -2.37. The van der Waals surface area contributed by atoms with Crippen molar-refractivity contribution in [1.29, 1.82) is 0 Å². The van der Waals surface area contributed by atoms with Crippen LogP contribution in [0.5, 0.6) is 5.75 Å². The van der Waals surface area contributed by atoms with Gasteiger partial charge in [-0.1, -0.05) is 50.4 Å². The molecule has 0 unspecified atom stereocenters. The topological polar surface area (TPSA) is 149 Å². The number of amides is 2. The van der Waals surface area contributed by atoms with E-state index in [2.05, 4.69) is 9.71 Å². The standard InChI is InChI=1S/C41H50ClF2N3O8S/c1-24(2)22-54-33(49)17-25-9-7-5-4-6-8-10-26-19-41(26,38(51)46-56(52,53)39(3)15-16-39)21-32(48)31-20-40(23-47(31)37(25)50)14-13-28-29-18-27(42)11-12-30(29)45-34(36(43)44)35(28)55-40/h8,10-12,18,24-26,31,36H,4-7,9,13-17,19-23H2,1-3H3,(H,46,51)/b10-8-/t25-,26-,31+,40-,41-/m1/s1. The predicted molar refractivity (Wildman–Crippen MR) is 205 cm³/mol. The summed E-state index contributed by atoms with van der Waals surface area (Å²) in [7, 11) is -4.00. The van der Waals surface area contributed by atoms with E-state index in [0.717, 1.165) is 12.8 Å². The number of Topliss-reactive ketones (excluding diaryl/α,β-unsaturated/α-hetero) is 1. The minimum absolute atomic E-state index is 0.0492. The zero-order valence-corrected chi connectivity index (χ0v) is 33.7. The van der Waals surface area contributed by atoms with Gasteiger partial charge >= 0.3 is 5.97 Å². The van der Waals surface area contributed by atoms with E-state index in [-0.39, 0.29) is 69.3 Å². The summed E-state index contributed by atoms with van der Waals surface area (Å²) in [6.45, 7) is 5.46. The number of allylic oxidation sites excluding steroid dienone is 2. The number of ketones is 1. The van der Waals surface area contributed by atoms with Crippen LogP contribution in [0.4, 0.5) is 8.78 Å². The van der Waals surface area contributed by atoms with Gasteiger partial charge in [0.25, 0.3) is 6.43 Å². The monoisotopic (exact) mass is 817 g/mol. The third-order valence-electron chi connectivity index (χ3n) is 12.5. The van der Waals surface area contributed by atoms with E-state index in [9.17, 15) is 36.4 Å². The number of halogens is 3. The zero-order chi connectivity index (χ0) is 40.2. The van der Waals surface area contributed by atoms with Crippen molar-refractivity contribution in [2.45, 2.75) is 127 Å². The lowest BCUT2D eigenvalue weighted by Crippen LogP contribution is -2.48. The molecule has 3 aliphatic heterocycles. The average Bonchev–Trinajstić information content (AvgIpc) is 4.03. The van der Waals surface area contributed by atoms with Gasteiger partial charge in [-0.15, -0.1) is 0 Å². The first-order chi connectivity index (χ1) is 26.5. The van der Waals surface area contributed by atoms with Crippen LogP contribution in [0.3, 0.4) is 0 Å².